The Balaban J connectivity index is 2.46. The first-order chi connectivity index (χ1) is 10.3. The van der Waals surface area contributed by atoms with Gasteiger partial charge in [0.25, 0.3) is 0 Å². The number of pyridine rings is 1. The van der Waals surface area contributed by atoms with Gasteiger partial charge in [-0.1, -0.05) is 0 Å². The lowest BCUT2D eigenvalue weighted by molar-refractivity contribution is -0.384. The molecule has 0 bridgehead atoms. The van der Waals surface area contributed by atoms with Gasteiger partial charge in [-0.15, -0.1) is 0 Å². The van der Waals surface area contributed by atoms with Crippen LogP contribution in [0.5, 0.6) is 5.88 Å². The second-order valence-electron chi connectivity index (χ2n) is 5.59. The third-order valence-electron chi connectivity index (χ3n) is 3.58. The highest BCUT2D eigenvalue weighted by Gasteiger charge is 2.37. The van der Waals surface area contributed by atoms with Gasteiger partial charge in [-0.25, -0.2) is 4.39 Å². The van der Waals surface area contributed by atoms with Gasteiger partial charge in [0.2, 0.25) is 11.7 Å². The Hall–Kier alpha value is -2.16. The monoisotopic (exact) mass is 313 g/mol. The Labute approximate surface area is 127 Å². The number of nitrogens with zero attached hydrogens (tertiary/aromatic N) is 4. The van der Waals surface area contributed by atoms with Crippen molar-refractivity contribution in [3.05, 3.63) is 16.2 Å². The van der Waals surface area contributed by atoms with Crippen LogP contribution >= 0.6 is 0 Å². The molecule has 0 radical (unpaired) electrons. The van der Waals surface area contributed by atoms with Crippen molar-refractivity contribution in [1.29, 1.82) is 0 Å². The average Bonchev–Trinajstić information content (AvgIpc) is 2.78. The first-order valence-electron chi connectivity index (χ1n) is 6.87. The number of nitrogens with two attached hydrogens (primary N) is 1. The van der Waals surface area contributed by atoms with Crippen LogP contribution in [0.1, 0.15) is 6.42 Å². The molecule has 0 saturated carbocycles. The molecule has 2 N–H and O–H groups in total. The van der Waals surface area contributed by atoms with Crippen molar-refractivity contribution < 1.29 is 14.1 Å². The Kier molecular flexibility index (Phi) is 4.65. The van der Waals surface area contributed by atoms with Crippen LogP contribution in [0.4, 0.5) is 21.6 Å². The number of ether oxygens (including phenoxy) is 1. The first kappa shape index (κ1) is 16.2. The minimum Gasteiger partial charge on any atom is -0.479 e. The van der Waals surface area contributed by atoms with Crippen LogP contribution in [0.3, 0.4) is 0 Å². The Bertz CT molecular complexity index is 569. The number of likely N-dealkylation sites (N-methyl/N-ethyl adjacent to an activating group) is 1. The molecule has 2 heterocycles. The van der Waals surface area contributed by atoms with E-state index >= 15 is 0 Å². The first-order valence-corrected chi connectivity index (χ1v) is 6.87. The zero-order valence-corrected chi connectivity index (χ0v) is 12.8. The Morgan fingerprint density at radius 2 is 2.32 bits per heavy atom. The number of rotatable bonds is 5. The van der Waals surface area contributed by atoms with Crippen LogP contribution in [0, 0.1) is 10.1 Å². The van der Waals surface area contributed by atoms with Crippen LogP contribution in [0.2, 0.25) is 0 Å². The minimum atomic E-state index is -1.05. The molecule has 122 valence electrons. The summed E-state index contributed by atoms with van der Waals surface area (Å²) >= 11 is 0. The maximum atomic E-state index is 13.8. The summed E-state index contributed by atoms with van der Waals surface area (Å²) in [5.41, 5.74) is 5.53. The van der Waals surface area contributed by atoms with E-state index in [2.05, 4.69) is 4.98 Å². The summed E-state index contributed by atoms with van der Waals surface area (Å²) in [5.74, 6) is 0.203. The van der Waals surface area contributed by atoms with Crippen molar-refractivity contribution in [3.8, 4) is 5.88 Å². The second-order valence-corrected chi connectivity index (χ2v) is 5.59. The molecule has 22 heavy (non-hydrogen) atoms. The van der Waals surface area contributed by atoms with Gasteiger partial charge in [-0.3, -0.25) is 10.1 Å². The smallest absolute Gasteiger partial charge is 0.313 e. The van der Waals surface area contributed by atoms with E-state index in [0.29, 0.717) is 13.0 Å². The number of aromatic nitrogens is 1. The molecule has 1 fully saturated rings. The highest BCUT2D eigenvalue weighted by atomic mass is 19.1. The van der Waals surface area contributed by atoms with Gasteiger partial charge in [0.15, 0.2) is 0 Å². The van der Waals surface area contributed by atoms with Gasteiger partial charge in [-0.05, 0) is 14.1 Å². The van der Waals surface area contributed by atoms with Gasteiger partial charge >= 0.3 is 5.69 Å². The van der Waals surface area contributed by atoms with E-state index in [1.165, 1.54) is 13.2 Å². The number of nitrogen functional groups attached to an aromatic ring is 1. The predicted molar refractivity (Wildman–Crippen MR) is 81.1 cm³/mol. The van der Waals surface area contributed by atoms with Crippen molar-refractivity contribution in [2.75, 3.05) is 44.9 Å². The van der Waals surface area contributed by atoms with Crippen LogP contribution in [0.25, 0.3) is 0 Å². The maximum Gasteiger partial charge on any atom is 0.313 e. The van der Waals surface area contributed by atoms with E-state index in [-0.39, 0.29) is 35.7 Å². The van der Waals surface area contributed by atoms with Crippen molar-refractivity contribution >= 4 is 17.2 Å². The number of anilines is 2. The molecule has 2 atom stereocenters. The van der Waals surface area contributed by atoms with E-state index in [1.54, 1.807) is 4.90 Å². The topological polar surface area (TPSA) is 97.8 Å². The summed E-state index contributed by atoms with van der Waals surface area (Å²) in [5, 5.41) is 11.3. The molecule has 1 saturated heterocycles. The van der Waals surface area contributed by atoms with Gasteiger partial charge < -0.3 is 20.3 Å². The molecule has 0 amide bonds. The summed E-state index contributed by atoms with van der Waals surface area (Å²) < 4.78 is 18.9. The third-order valence-corrected chi connectivity index (χ3v) is 3.58. The largest absolute Gasteiger partial charge is 0.479 e. The average molecular weight is 313 g/mol. The molecule has 1 aliphatic rings. The van der Waals surface area contributed by atoms with Gasteiger partial charge in [0.1, 0.15) is 11.9 Å². The summed E-state index contributed by atoms with van der Waals surface area (Å²) in [6, 6.07) is 1.02. The molecular formula is C13H20FN5O3. The number of hydrogen-bond acceptors (Lipinski definition) is 7. The summed E-state index contributed by atoms with van der Waals surface area (Å²) in [6.45, 7) is 0.644. The summed E-state index contributed by atoms with van der Waals surface area (Å²) in [7, 11) is 5.12. The lowest BCUT2D eigenvalue weighted by Crippen LogP contribution is -2.38. The van der Waals surface area contributed by atoms with E-state index in [1.807, 2.05) is 19.0 Å². The molecule has 1 aromatic heterocycles. The van der Waals surface area contributed by atoms with Crippen LogP contribution < -0.4 is 15.4 Å². The van der Waals surface area contributed by atoms with E-state index < -0.39 is 11.1 Å². The van der Waals surface area contributed by atoms with Crippen molar-refractivity contribution in [3.63, 3.8) is 0 Å². The van der Waals surface area contributed by atoms with Crippen molar-refractivity contribution in [2.24, 2.45) is 0 Å². The molecule has 0 spiro atoms. The number of methoxy groups -OCH3 is 1. The van der Waals surface area contributed by atoms with Crippen molar-refractivity contribution in [2.45, 2.75) is 18.6 Å². The normalized spacial score (nSPS) is 21.4. The standard InChI is InChI=1S/C13H20FN5O3/c1-17(2)7-9-4-8(14)6-18(9)12-11(19(20)21)5-10(15)13(16-12)22-3/h5,8-9H,4,6-7,15H2,1-3H3/t8-,9+/m0/s1. The molecular weight excluding hydrogens is 293 g/mol. The number of alkyl halides is 1. The molecule has 0 unspecified atom stereocenters. The van der Waals surface area contributed by atoms with Gasteiger partial charge in [-0.2, -0.15) is 4.98 Å². The minimum absolute atomic E-state index is 0.0689. The highest BCUT2D eigenvalue weighted by molar-refractivity contribution is 5.68. The molecule has 0 aromatic carbocycles. The highest BCUT2D eigenvalue weighted by Crippen LogP contribution is 2.37. The SMILES string of the molecule is COc1nc(N2C[C@@H](F)C[C@@H]2CN(C)C)c([N+](=O)[O-])cc1N. The van der Waals surface area contributed by atoms with Crippen LogP contribution in [-0.2, 0) is 0 Å². The molecule has 1 aliphatic heterocycles. The lowest BCUT2D eigenvalue weighted by Gasteiger charge is -2.27. The quantitative estimate of drug-likeness (QED) is 0.641. The van der Waals surface area contributed by atoms with Crippen LogP contribution in [-0.4, -0.2) is 61.3 Å². The van der Waals surface area contributed by atoms with E-state index in [0.717, 1.165) is 0 Å². The Morgan fingerprint density at radius 1 is 1.64 bits per heavy atom. The molecule has 8 nitrogen and oxygen atoms in total. The number of nitro groups is 1. The lowest BCUT2D eigenvalue weighted by atomic mass is 10.2. The zero-order chi connectivity index (χ0) is 16.4. The third kappa shape index (κ3) is 3.19. The summed E-state index contributed by atoms with van der Waals surface area (Å²) in [4.78, 5) is 18.4. The fourth-order valence-corrected chi connectivity index (χ4v) is 2.71. The number of halogens is 1. The van der Waals surface area contributed by atoms with Gasteiger partial charge in [0.05, 0.1) is 18.6 Å². The fraction of sp³-hybridized carbons (Fsp3) is 0.615. The molecule has 1 aromatic rings. The Morgan fingerprint density at radius 3 is 2.86 bits per heavy atom. The molecule has 9 heteroatoms. The van der Waals surface area contributed by atoms with Gasteiger partial charge in [0, 0.05) is 25.1 Å². The zero-order valence-electron chi connectivity index (χ0n) is 12.8. The predicted octanol–water partition coefficient (Wildman–Crippen LogP) is 1.06. The second kappa shape index (κ2) is 6.30. The number of hydrogen-bond donors (Lipinski definition) is 1. The maximum absolute atomic E-state index is 13.8. The molecule has 0 aliphatic carbocycles. The van der Waals surface area contributed by atoms with E-state index in [4.69, 9.17) is 10.5 Å². The fourth-order valence-electron chi connectivity index (χ4n) is 2.71. The van der Waals surface area contributed by atoms with Crippen LogP contribution in [0.15, 0.2) is 6.07 Å². The summed E-state index contributed by atoms with van der Waals surface area (Å²) in [6.07, 6.45) is -0.737. The molecule has 2 rings (SSSR count). The van der Waals surface area contributed by atoms with E-state index in [9.17, 15) is 14.5 Å². The van der Waals surface area contributed by atoms with Crippen molar-refractivity contribution in [1.82, 2.24) is 9.88 Å².